The Balaban J connectivity index is 1.09. The molecule has 0 saturated heterocycles. The van der Waals surface area contributed by atoms with Crippen molar-refractivity contribution in [2.75, 3.05) is 13.2 Å². The van der Waals surface area contributed by atoms with E-state index in [4.69, 9.17) is 18.9 Å². The summed E-state index contributed by atoms with van der Waals surface area (Å²) in [5.41, 5.74) is 4.14. The molecule has 0 amide bonds. The molecule has 0 unspecified atom stereocenters. The Morgan fingerprint density at radius 1 is 0.585 bits per heavy atom. The first-order chi connectivity index (χ1) is 25.7. The summed E-state index contributed by atoms with van der Waals surface area (Å²) in [4.78, 5) is 48.9. The summed E-state index contributed by atoms with van der Waals surface area (Å²) in [7, 11) is 0. The first kappa shape index (κ1) is 39.2. The molecule has 8 nitrogen and oxygen atoms in total. The van der Waals surface area contributed by atoms with Gasteiger partial charge in [-0.2, -0.15) is 0 Å². The lowest BCUT2D eigenvalue weighted by atomic mass is 9.77. The van der Waals surface area contributed by atoms with Crippen LogP contribution in [0.1, 0.15) is 126 Å². The predicted octanol–water partition coefficient (Wildman–Crippen LogP) is 10.00. The van der Waals surface area contributed by atoms with Gasteiger partial charge in [-0.1, -0.05) is 43.5 Å². The minimum atomic E-state index is -0.520. The molecule has 0 N–H and O–H groups in total. The van der Waals surface area contributed by atoms with E-state index in [1.807, 2.05) is 37.3 Å². The second-order valence-corrected chi connectivity index (χ2v) is 14.4. The van der Waals surface area contributed by atoms with Crippen molar-refractivity contribution in [3.8, 4) is 11.5 Å². The van der Waals surface area contributed by atoms with Crippen molar-refractivity contribution in [2.45, 2.75) is 95.8 Å². The van der Waals surface area contributed by atoms with E-state index in [0.717, 1.165) is 82.6 Å². The molecule has 3 aromatic rings. The zero-order valence-corrected chi connectivity index (χ0v) is 30.9. The van der Waals surface area contributed by atoms with Gasteiger partial charge in [0.15, 0.2) is 11.5 Å². The van der Waals surface area contributed by atoms with Gasteiger partial charge in [-0.3, -0.25) is 0 Å². The summed E-state index contributed by atoms with van der Waals surface area (Å²) >= 11 is 0. The van der Waals surface area contributed by atoms with E-state index >= 15 is 0 Å². The summed E-state index contributed by atoms with van der Waals surface area (Å²) in [6.45, 7) is 9.61. The number of carbonyl (C=O) groups is 4. The number of hydrogen-bond donors (Lipinski definition) is 0. The zero-order valence-electron chi connectivity index (χ0n) is 30.9. The Hall–Kier alpha value is -4.98. The second kappa shape index (κ2) is 19.7. The molecule has 0 bridgehead atoms. The molecule has 8 heteroatoms. The summed E-state index contributed by atoms with van der Waals surface area (Å²) in [5, 5.41) is 0. The molecule has 0 spiro atoms. The van der Waals surface area contributed by atoms with Gasteiger partial charge in [-0.05, 0) is 161 Å². The Bertz CT molecular complexity index is 1710. The fourth-order valence-corrected chi connectivity index (χ4v) is 7.66. The second-order valence-electron chi connectivity index (χ2n) is 14.4. The maximum atomic E-state index is 13.2. The molecular weight excluding hydrogens is 668 g/mol. The third-order valence-corrected chi connectivity index (χ3v) is 10.8. The molecule has 3 aromatic carbocycles. The lowest BCUT2D eigenvalue weighted by Crippen LogP contribution is -2.15. The van der Waals surface area contributed by atoms with E-state index in [0.29, 0.717) is 48.0 Å². The van der Waals surface area contributed by atoms with Gasteiger partial charge in [0.05, 0.1) is 24.3 Å². The molecule has 0 aromatic heterocycles. The summed E-state index contributed by atoms with van der Waals surface area (Å²) in [6.07, 6.45) is 15.1. The molecule has 0 aliphatic heterocycles. The molecule has 2 fully saturated rings. The van der Waals surface area contributed by atoms with Gasteiger partial charge >= 0.3 is 23.9 Å². The Morgan fingerprint density at radius 2 is 1.00 bits per heavy atom. The first-order valence-corrected chi connectivity index (χ1v) is 19.1. The Morgan fingerprint density at radius 3 is 1.42 bits per heavy atom. The number of benzene rings is 3. The van der Waals surface area contributed by atoms with Crippen molar-refractivity contribution in [2.24, 2.45) is 11.8 Å². The van der Waals surface area contributed by atoms with Gasteiger partial charge in [0.1, 0.15) is 0 Å². The van der Waals surface area contributed by atoms with Crippen LogP contribution in [-0.2, 0) is 19.1 Å². The zero-order chi connectivity index (χ0) is 37.6. The maximum Gasteiger partial charge on any atom is 0.343 e. The van der Waals surface area contributed by atoms with Crippen molar-refractivity contribution in [3.63, 3.8) is 0 Å². The van der Waals surface area contributed by atoms with Gasteiger partial charge in [0.25, 0.3) is 0 Å². The fraction of sp³-hybridized carbons (Fsp3) is 0.422. The SMILES string of the molecule is C=CC(=O)OCCC[C@H]1CC[C@H](c2ccc(C(=O)Oc3ccc(C)cc3OC(=O)c3ccc([C@H]4CC[C@H](CCCOC(=O)C=C)CC4)cc3)cc2)CC1. The van der Waals surface area contributed by atoms with Crippen LogP contribution in [0.25, 0.3) is 0 Å². The third kappa shape index (κ3) is 11.8. The van der Waals surface area contributed by atoms with E-state index in [9.17, 15) is 19.2 Å². The monoisotopic (exact) mass is 720 g/mol. The Kier molecular flexibility index (Phi) is 14.6. The van der Waals surface area contributed by atoms with Gasteiger partial charge in [-0.15, -0.1) is 0 Å². The van der Waals surface area contributed by atoms with Crippen LogP contribution in [0.4, 0.5) is 0 Å². The number of carbonyl (C=O) groups excluding carboxylic acids is 4. The summed E-state index contributed by atoms with van der Waals surface area (Å²) in [5.74, 6) is 0.759. The molecule has 5 rings (SSSR count). The average molecular weight is 721 g/mol. The number of hydrogen-bond acceptors (Lipinski definition) is 8. The van der Waals surface area contributed by atoms with Gasteiger partial charge in [-0.25, -0.2) is 19.2 Å². The third-order valence-electron chi connectivity index (χ3n) is 10.8. The first-order valence-electron chi connectivity index (χ1n) is 19.1. The minimum Gasteiger partial charge on any atom is -0.463 e. The number of ether oxygens (including phenoxy) is 4. The van der Waals surface area contributed by atoms with Crippen LogP contribution in [0.15, 0.2) is 92.0 Å². The normalized spacial score (nSPS) is 19.7. The standard InChI is InChI=1S/C45H52O8/c1-4-42(46)50-28-6-8-32-11-15-34(16-12-32)36-19-23-38(24-20-36)44(48)52-40-27-10-31(3)30-41(40)53-45(49)39-25-21-37(22-26-39)35-17-13-33(14-18-35)9-7-29-51-43(47)5-2/h4-5,10,19-27,30,32-35H,1-2,6-9,11-18,28-29H2,3H3/t32-,33-,34-,35-. The highest BCUT2D eigenvalue weighted by molar-refractivity contribution is 5.93. The van der Waals surface area contributed by atoms with Crippen LogP contribution in [0, 0.1) is 18.8 Å². The van der Waals surface area contributed by atoms with E-state index in [1.165, 1.54) is 23.3 Å². The van der Waals surface area contributed by atoms with E-state index in [1.54, 1.807) is 36.4 Å². The summed E-state index contributed by atoms with van der Waals surface area (Å²) < 4.78 is 21.8. The van der Waals surface area contributed by atoms with Crippen LogP contribution in [0.5, 0.6) is 11.5 Å². The van der Waals surface area contributed by atoms with Crippen molar-refractivity contribution < 1.29 is 38.1 Å². The highest BCUT2D eigenvalue weighted by Gasteiger charge is 2.25. The molecule has 280 valence electrons. The van der Waals surface area contributed by atoms with Crippen LogP contribution in [-0.4, -0.2) is 37.1 Å². The van der Waals surface area contributed by atoms with E-state index in [2.05, 4.69) is 13.2 Å². The molecule has 0 radical (unpaired) electrons. The number of esters is 4. The van der Waals surface area contributed by atoms with Gasteiger partial charge in [0, 0.05) is 12.2 Å². The predicted molar refractivity (Wildman–Crippen MR) is 204 cm³/mol. The maximum absolute atomic E-state index is 13.2. The van der Waals surface area contributed by atoms with Gasteiger partial charge in [0.2, 0.25) is 0 Å². The highest BCUT2D eigenvalue weighted by Crippen LogP contribution is 2.39. The number of rotatable bonds is 16. The van der Waals surface area contributed by atoms with Crippen LogP contribution >= 0.6 is 0 Å². The van der Waals surface area contributed by atoms with Crippen LogP contribution < -0.4 is 9.47 Å². The van der Waals surface area contributed by atoms with E-state index < -0.39 is 11.9 Å². The molecule has 0 atom stereocenters. The topological polar surface area (TPSA) is 105 Å². The highest BCUT2D eigenvalue weighted by atomic mass is 16.6. The lowest BCUT2D eigenvalue weighted by molar-refractivity contribution is -0.138. The molecule has 2 aliphatic carbocycles. The lowest BCUT2D eigenvalue weighted by Gasteiger charge is -2.29. The molecule has 2 aliphatic rings. The Labute approximate surface area is 313 Å². The average Bonchev–Trinajstić information content (AvgIpc) is 3.19. The molecule has 0 heterocycles. The van der Waals surface area contributed by atoms with E-state index in [-0.39, 0.29) is 23.4 Å². The number of aryl methyl sites for hydroxylation is 1. The quantitative estimate of drug-likeness (QED) is 0.0623. The van der Waals surface area contributed by atoms with Crippen molar-refractivity contribution >= 4 is 23.9 Å². The van der Waals surface area contributed by atoms with Crippen molar-refractivity contribution in [3.05, 3.63) is 120 Å². The van der Waals surface area contributed by atoms with Crippen LogP contribution in [0.3, 0.4) is 0 Å². The molecule has 2 saturated carbocycles. The van der Waals surface area contributed by atoms with Crippen molar-refractivity contribution in [1.29, 1.82) is 0 Å². The molecular formula is C45H52O8. The van der Waals surface area contributed by atoms with Crippen molar-refractivity contribution in [1.82, 2.24) is 0 Å². The minimum absolute atomic E-state index is 0.183. The molecule has 53 heavy (non-hydrogen) atoms. The van der Waals surface area contributed by atoms with Gasteiger partial charge < -0.3 is 18.9 Å². The smallest absolute Gasteiger partial charge is 0.343 e. The fourth-order valence-electron chi connectivity index (χ4n) is 7.66. The van der Waals surface area contributed by atoms with Crippen LogP contribution in [0.2, 0.25) is 0 Å². The largest absolute Gasteiger partial charge is 0.463 e. The summed E-state index contributed by atoms with van der Waals surface area (Å²) in [6, 6.07) is 20.4.